The maximum atomic E-state index is 11.6. The highest BCUT2D eigenvalue weighted by molar-refractivity contribution is 6.39. The van der Waals surface area contributed by atoms with Gasteiger partial charge in [0.15, 0.2) is 5.82 Å². The first-order chi connectivity index (χ1) is 21.9. The predicted octanol–water partition coefficient (Wildman–Crippen LogP) is 6.98. The van der Waals surface area contributed by atoms with Gasteiger partial charge in [-0.05, 0) is 56.0 Å². The van der Waals surface area contributed by atoms with Crippen molar-refractivity contribution in [3.8, 4) is 28.3 Å². The lowest BCUT2D eigenvalue weighted by atomic mass is 9.99. The van der Waals surface area contributed by atoms with Crippen molar-refractivity contribution in [2.24, 2.45) is 0 Å². The van der Waals surface area contributed by atoms with Gasteiger partial charge < -0.3 is 20.7 Å². The lowest BCUT2D eigenvalue weighted by molar-refractivity contribution is -0.119. The second kappa shape index (κ2) is 12.2. The molecule has 9 nitrogen and oxygen atoms in total. The molecular weight excluding hydrogens is 609 g/mol. The number of pyridine rings is 2. The monoisotopic (exact) mass is 639 g/mol. The first kappa shape index (κ1) is 29.4. The van der Waals surface area contributed by atoms with Crippen LogP contribution in [0.5, 0.6) is 5.88 Å². The van der Waals surface area contributed by atoms with Gasteiger partial charge in [-0.2, -0.15) is 0 Å². The largest absolute Gasteiger partial charge is 0.481 e. The highest BCUT2D eigenvalue weighted by atomic mass is 35.5. The van der Waals surface area contributed by atoms with Gasteiger partial charge in [0.05, 0.1) is 34.1 Å². The van der Waals surface area contributed by atoms with E-state index in [1.165, 1.54) is 5.56 Å². The summed E-state index contributed by atoms with van der Waals surface area (Å²) < 4.78 is 5.81. The lowest BCUT2D eigenvalue weighted by Gasteiger charge is -2.20. The Morgan fingerprint density at radius 3 is 2.56 bits per heavy atom. The van der Waals surface area contributed by atoms with Crippen molar-refractivity contribution >= 4 is 51.6 Å². The Morgan fingerprint density at radius 1 is 0.956 bits per heavy atom. The van der Waals surface area contributed by atoms with Crippen LogP contribution in [0.4, 0.5) is 11.5 Å². The fourth-order valence-electron chi connectivity index (χ4n) is 6.29. The zero-order valence-electron chi connectivity index (χ0n) is 24.8. The number of aromatic nitrogens is 4. The molecule has 1 amide bonds. The van der Waals surface area contributed by atoms with Gasteiger partial charge in [-0.1, -0.05) is 53.5 Å². The molecule has 3 N–H and O–H groups in total. The van der Waals surface area contributed by atoms with E-state index >= 15 is 0 Å². The third kappa shape index (κ3) is 5.67. The number of amides is 1. The Morgan fingerprint density at radius 2 is 1.76 bits per heavy atom. The summed E-state index contributed by atoms with van der Waals surface area (Å²) >= 11 is 14.2. The number of benzene rings is 2. The van der Waals surface area contributed by atoms with Crippen LogP contribution < -0.4 is 20.7 Å². The van der Waals surface area contributed by atoms with Crippen LogP contribution in [0, 0.1) is 6.92 Å². The summed E-state index contributed by atoms with van der Waals surface area (Å²) in [6.45, 7) is 2.56. The van der Waals surface area contributed by atoms with Gasteiger partial charge in [0.1, 0.15) is 11.3 Å². The average Bonchev–Trinajstić information content (AvgIpc) is 3.66. The normalized spacial score (nSPS) is 17.4. The SMILES string of the molecule is COc1nc(-c2cccc(-c3cccc(Nc4nc(C)nc5cccnc45)c3Cl)c2Cl)cc2c1[C@@H](NC[C@@H]1CCC(=O)N1)CC2. The zero-order valence-corrected chi connectivity index (χ0v) is 26.3. The van der Waals surface area contributed by atoms with E-state index in [2.05, 4.69) is 37.0 Å². The molecule has 1 saturated heterocycles. The molecule has 0 unspecified atom stereocenters. The van der Waals surface area contributed by atoms with Gasteiger partial charge >= 0.3 is 0 Å². The van der Waals surface area contributed by atoms with Crippen LogP contribution in [0.15, 0.2) is 60.8 Å². The zero-order chi connectivity index (χ0) is 31.1. The summed E-state index contributed by atoms with van der Waals surface area (Å²) in [5, 5.41) is 11.1. The Balaban J connectivity index is 1.20. The Kier molecular flexibility index (Phi) is 7.99. The minimum atomic E-state index is 0.107. The van der Waals surface area contributed by atoms with Crippen molar-refractivity contribution in [1.29, 1.82) is 0 Å². The fourth-order valence-corrected chi connectivity index (χ4v) is 6.89. The molecule has 0 radical (unpaired) electrons. The number of fused-ring (bicyclic) bond motifs is 2. The summed E-state index contributed by atoms with van der Waals surface area (Å²) in [7, 11) is 1.65. The molecule has 1 aliphatic heterocycles. The van der Waals surface area contributed by atoms with E-state index in [0.29, 0.717) is 51.7 Å². The van der Waals surface area contributed by atoms with Crippen LogP contribution in [0.25, 0.3) is 33.4 Å². The van der Waals surface area contributed by atoms with Crippen molar-refractivity contribution < 1.29 is 9.53 Å². The number of carbonyl (C=O) groups is 1. The number of anilines is 2. The maximum absolute atomic E-state index is 11.6. The molecule has 3 aromatic heterocycles. The molecular formula is C34H31Cl2N7O2. The molecule has 0 spiro atoms. The van der Waals surface area contributed by atoms with Crippen molar-refractivity contribution in [2.45, 2.75) is 44.7 Å². The Bertz CT molecular complexity index is 1950. The molecule has 45 heavy (non-hydrogen) atoms. The van der Waals surface area contributed by atoms with E-state index < -0.39 is 0 Å². The van der Waals surface area contributed by atoms with E-state index in [0.717, 1.165) is 52.7 Å². The molecule has 4 heterocycles. The molecule has 2 aromatic carbocycles. The van der Waals surface area contributed by atoms with Gasteiger partial charge in [-0.25, -0.2) is 15.0 Å². The highest BCUT2D eigenvalue weighted by Gasteiger charge is 2.30. The first-order valence-electron chi connectivity index (χ1n) is 14.9. The summed E-state index contributed by atoms with van der Waals surface area (Å²) in [4.78, 5) is 30.1. The van der Waals surface area contributed by atoms with Crippen LogP contribution in [-0.4, -0.2) is 45.5 Å². The van der Waals surface area contributed by atoms with Gasteiger partial charge in [0.2, 0.25) is 11.8 Å². The fraction of sp³-hybridized carbons (Fsp3) is 0.265. The summed E-state index contributed by atoms with van der Waals surface area (Å²) in [5.41, 5.74) is 7.40. The Labute approximate surface area is 270 Å². The van der Waals surface area contributed by atoms with Gasteiger partial charge in [0, 0.05) is 53.5 Å². The van der Waals surface area contributed by atoms with Crippen molar-refractivity contribution in [1.82, 2.24) is 30.6 Å². The molecule has 0 bridgehead atoms. The molecule has 5 aromatic rings. The summed E-state index contributed by atoms with van der Waals surface area (Å²) in [6, 6.07) is 17.8. The molecule has 0 saturated carbocycles. The van der Waals surface area contributed by atoms with E-state index in [1.54, 1.807) is 13.3 Å². The van der Waals surface area contributed by atoms with Crippen LogP contribution in [0.3, 0.4) is 0 Å². The van der Waals surface area contributed by atoms with Gasteiger partial charge in [-0.3, -0.25) is 9.78 Å². The number of ether oxygens (including phenoxy) is 1. The third-order valence-electron chi connectivity index (χ3n) is 8.43. The number of nitrogens with one attached hydrogen (secondary N) is 3. The minimum absolute atomic E-state index is 0.107. The van der Waals surface area contributed by atoms with Gasteiger partial charge in [-0.15, -0.1) is 0 Å². The smallest absolute Gasteiger partial charge is 0.220 e. The van der Waals surface area contributed by atoms with Crippen LogP contribution in [0.2, 0.25) is 10.0 Å². The van der Waals surface area contributed by atoms with Crippen molar-refractivity contribution in [2.75, 3.05) is 19.0 Å². The highest BCUT2D eigenvalue weighted by Crippen LogP contribution is 2.44. The number of halogens is 2. The number of nitrogens with zero attached hydrogens (tertiary/aromatic N) is 4. The molecule has 2 atom stereocenters. The second-order valence-electron chi connectivity index (χ2n) is 11.3. The Hall–Kier alpha value is -4.31. The molecule has 1 aliphatic carbocycles. The van der Waals surface area contributed by atoms with Gasteiger partial charge in [0.25, 0.3) is 0 Å². The number of hydrogen-bond donors (Lipinski definition) is 3. The minimum Gasteiger partial charge on any atom is -0.481 e. The molecule has 2 aliphatic rings. The predicted molar refractivity (Wildman–Crippen MR) is 177 cm³/mol. The summed E-state index contributed by atoms with van der Waals surface area (Å²) in [6.07, 6.45) is 4.97. The third-order valence-corrected chi connectivity index (χ3v) is 9.25. The number of aryl methyl sites for hydroxylation is 2. The maximum Gasteiger partial charge on any atom is 0.220 e. The number of hydrogen-bond acceptors (Lipinski definition) is 8. The van der Waals surface area contributed by atoms with Crippen LogP contribution in [0.1, 0.15) is 42.3 Å². The number of rotatable bonds is 8. The van der Waals surface area contributed by atoms with E-state index in [4.69, 9.17) is 32.9 Å². The molecule has 228 valence electrons. The van der Waals surface area contributed by atoms with Crippen molar-refractivity contribution in [3.05, 3.63) is 87.8 Å². The molecule has 11 heteroatoms. The van der Waals surface area contributed by atoms with Crippen LogP contribution in [-0.2, 0) is 11.2 Å². The number of carbonyl (C=O) groups excluding carboxylic acids is 1. The first-order valence-corrected chi connectivity index (χ1v) is 15.7. The number of methoxy groups -OCH3 is 1. The van der Waals surface area contributed by atoms with E-state index in [1.807, 2.05) is 55.5 Å². The van der Waals surface area contributed by atoms with E-state index in [-0.39, 0.29) is 18.0 Å². The lowest BCUT2D eigenvalue weighted by Crippen LogP contribution is -2.36. The van der Waals surface area contributed by atoms with E-state index in [9.17, 15) is 4.79 Å². The topological polar surface area (TPSA) is 114 Å². The quantitative estimate of drug-likeness (QED) is 0.167. The standard InChI is InChI=1S/C34H31Cl2N7O2/c1-18-39-26-10-5-15-37-32(26)33(40-18)42-25-9-4-7-22(31(25)36)21-6-3-8-23(30(21)35)27-16-19-11-13-24(29(19)34(43-27)45-2)38-17-20-12-14-28(44)41-20/h3-10,15-16,20,24,38H,11-14,17H2,1-2H3,(H,41,44)(H,39,40,42)/t20-,24-/m0/s1. The average molecular weight is 641 g/mol. The second-order valence-corrected chi connectivity index (χ2v) is 12.1. The molecule has 1 fully saturated rings. The van der Waals surface area contributed by atoms with Crippen LogP contribution >= 0.6 is 23.2 Å². The molecule has 7 rings (SSSR count). The summed E-state index contributed by atoms with van der Waals surface area (Å²) in [5.74, 6) is 1.90. The van der Waals surface area contributed by atoms with Crippen molar-refractivity contribution in [3.63, 3.8) is 0 Å².